The Bertz CT molecular complexity index is 1150. The number of anilines is 1. The lowest BCUT2D eigenvalue weighted by molar-refractivity contribution is 0.270. The molecular weight excluding hydrogens is 446 g/mol. The minimum Gasteiger partial charge on any atom is -0.493 e. The van der Waals surface area contributed by atoms with Crippen molar-refractivity contribution in [3.63, 3.8) is 0 Å². The van der Waals surface area contributed by atoms with E-state index < -0.39 is 5.56 Å². The molecule has 0 spiro atoms. The Kier molecular flexibility index (Phi) is 6.99. The van der Waals surface area contributed by atoms with Gasteiger partial charge in [-0.25, -0.2) is 10.4 Å². The van der Waals surface area contributed by atoms with Crippen LogP contribution in [-0.2, 0) is 0 Å². The van der Waals surface area contributed by atoms with Crippen molar-refractivity contribution >= 4 is 28.1 Å². The van der Waals surface area contributed by atoms with E-state index in [1.807, 2.05) is 42.5 Å². The summed E-state index contributed by atoms with van der Waals surface area (Å²) in [6.07, 6.45) is 1.58. The predicted octanol–water partition coefficient (Wildman–Crippen LogP) is 4.55. The molecule has 0 atom stereocenters. The first-order valence-electron chi connectivity index (χ1n) is 9.29. The van der Waals surface area contributed by atoms with Crippen molar-refractivity contribution in [1.29, 1.82) is 5.26 Å². The maximum atomic E-state index is 12.3. The largest absolute Gasteiger partial charge is 0.493 e. The number of rotatable bonds is 7. The third-order valence-corrected chi connectivity index (χ3v) is 4.49. The van der Waals surface area contributed by atoms with Gasteiger partial charge in [-0.1, -0.05) is 60.1 Å². The van der Waals surface area contributed by atoms with Gasteiger partial charge < -0.3 is 4.74 Å². The Morgan fingerprint density at radius 2 is 2.07 bits per heavy atom. The zero-order valence-corrected chi connectivity index (χ0v) is 18.1. The van der Waals surface area contributed by atoms with Crippen molar-refractivity contribution < 1.29 is 4.74 Å². The maximum Gasteiger partial charge on any atom is 0.270 e. The molecule has 8 heteroatoms. The predicted molar refractivity (Wildman–Crippen MR) is 121 cm³/mol. The number of hydrogen-bond donors (Lipinski definition) is 2. The fraction of sp³-hybridized carbons (Fsp3) is 0.182. The van der Waals surface area contributed by atoms with Crippen LogP contribution >= 0.6 is 15.9 Å². The third kappa shape index (κ3) is 5.33. The molecule has 0 unspecified atom stereocenters. The highest BCUT2D eigenvalue weighted by Crippen LogP contribution is 2.23. The van der Waals surface area contributed by atoms with E-state index in [0.29, 0.717) is 29.5 Å². The molecule has 1 heterocycles. The standard InChI is InChI=1S/C22H20BrN5O2/c1-14(2)13-30-19-9-8-17(23)10-16(19)12-25-28-22-26-20(15-6-4-3-5-7-15)18(11-24)21(29)27-22/h3-10,12,14H,13H2,1-2H3,(H2,26,27,28,29). The van der Waals surface area contributed by atoms with E-state index in [9.17, 15) is 10.1 Å². The van der Waals surface area contributed by atoms with Gasteiger partial charge in [0.2, 0.25) is 5.95 Å². The number of hydrogen-bond acceptors (Lipinski definition) is 6. The molecule has 0 aliphatic rings. The summed E-state index contributed by atoms with van der Waals surface area (Å²) in [4.78, 5) is 19.2. The smallest absolute Gasteiger partial charge is 0.270 e. The van der Waals surface area contributed by atoms with E-state index >= 15 is 0 Å². The lowest BCUT2D eigenvalue weighted by Crippen LogP contribution is -2.16. The van der Waals surface area contributed by atoms with Crippen LogP contribution in [0.2, 0.25) is 0 Å². The lowest BCUT2D eigenvalue weighted by Gasteiger charge is -2.11. The van der Waals surface area contributed by atoms with E-state index in [2.05, 4.69) is 50.3 Å². The van der Waals surface area contributed by atoms with Crippen molar-refractivity contribution in [2.75, 3.05) is 12.0 Å². The Balaban J connectivity index is 1.87. The number of H-pyrrole nitrogens is 1. The molecule has 2 aromatic carbocycles. The average Bonchev–Trinajstić information content (AvgIpc) is 2.73. The lowest BCUT2D eigenvalue weighted by atomic mass is 10.1. The number of aromatic amines is 1. The quantitative estimate of drug-likeness (QED) is 0.393. The van der Waals surface area contributed by atoms with Crippen LogP contribution in [0.4, 0.5) is 5.95 Å². The van der Waals surface area contributed by atoms with Gasteiger partial charge >= 0.3 is 0 Å². The zero-order chi connectivity index (χ0) is 21.5. The first-order valence-corrected chi connectivity index (χ1v) is 10.1. The van der Waals surface area contributed by atoms with Crippen LogP contribution in [0, 0.1) is 17.2 Å². The highest BCUT2D eigenvalue weighted by molar-refractivity contribution is 9.10. The van der Waals surface area contributed by atoms with Crippen molar-refractivity contribution in [2.24, 2.45) is 11.0 Å². The highest BCUT2D eigenvalue weighted by Gasteiger charge is 2.13. The first-order chi connectivity index (χ1) is 14.5. The highest BCUT2D eigenvalue weighted by atomic mass is 79.9. The molecule has 0 saturated heterocycles. The molecule has 0 aliphatic heterocycles. The van der Waals surface area contributed by atoms with Gasteiger partial charge in [0.15, 0.2) is 0 Å². The number of aromatic nitrogens is 2. The molecule has 0 fully saturated rings. The van der Waals surface area contributed by atoms with Gasteiger partial charge in [-0.05, 0) is 24.1 Å². The van der Waals surface area contributed by atoms with Crippen LogP contribution in [0.25, 0.3) is 11.3 Å². The summed E-state index contributed by atoms with van der Waals surface area (Å²) in [7, 11) is 0. The summed E-state index contributed by atoms with van der Waals surface area (Å²) in [6, 6.07) is 16.6. The number of halogens is 1. The van der Waals surface area contributed by atoms with Gasteiger partial charge in [0.1, 0.15) is 17.4 Å². The second kappa shape index (κ2) is 9.85. The summed E-state index contributed by atoms with van der Waals surface area (Å²) in [5, 5.41) is 13.5. The molecule has 7 nitrogen and oxygen atoms in total. The summed E-state index contributed by atoms with van der Waals surface area (Å²) in [6.45, 7) is 4.73. The van der Waals surface area contributed by atoms with Gasteiger partial charge in [0.05, 0.1) is 18.5 Å². The molecule has 0 amide bonds. The number of hydrazone groups is 1. The van der Waals surface area contributed by atoms with Crippen LogP contribution < -0.4 is 15.7 Å². The van der Waals surface area contributed by atoms with Crippen LogP contribution in [0.1, 0.15) is 25.0 Å². The molecule has 3 rings (SSSR count). The van der Waals surface area contributed by atoms with Gasteiger partial charge in [0, 0.05) is 15.6 Å². The Labute approximate surface area is 182 Å². The van der Waals surface area contributed by atoms with E-state index in [4.69, 9.17) is 4.74 Å². The summed E-state index contributed by atoms with van der Waals surface area (Å²) >= 11 is 3.45. The maximum absolute atomic E-state index is 12.3. The van der Waals surface area contributed by atoms with Crippen molar-refractivity contribution in [2.45, 2.75) is 13.8 Å². The molecular formula is C22H20BrN5O2. The van der Waals surface area contributed by atoms with Gasteiger partial charge in [-0.3, -0.25) is 9.78 Å². The van der Waals surface area contributed by atoms with Crippen LogP contribution in [0.15, 0.2) is 62.9 Å². The normalized spacial score (nSPS) is 10.9. The molecule has 1 aromatic heterocycles. The van der Waals surface area contributed by atoms with E-state index in [0.717, 1.165) is 10.0 Å². The summed E-state index contributed by atoms with van der Waals surface area (Å²) in [5.41, 5.74) is 3.87. The molecule has 0 bridgehead atoms. The minimum absolute atomic E-state index is 0.0490. The Hall–Kier alpha value is -3.44. The molecule has 152 valence electrons. The molecule has 2 N–H and O–H groups in total. The second-order valence-corrected chi connectivity index (χ2v) is 7.79. The Morgan fingerprint density at radius 1 is 1.30 bits per heavy atom. The number of ether oxygens (including phenoxy) is 1. The van der Waals surface area contributed by atoms with Gasteiger partial charge in [-0.2, -0.15) is 10.4 Å². The van der Waals surface area contributed by atoms with Crippen LogP contribution in [0.5, 0.6) is 5.75 Å². The number of nitrogens with one attached hydrogen (secondary N) is 2. The van der Waals surface area contributed by atoms with Crippen LogP contribution in [0.3, 0.4) is 0 Å². The zero-order valence-electron chi connectivity index (χ0n) is 16.5. The third-order valence-electron chi connectivity index (χ3n) is 4.00. The Morgan fingerprint density at radius 3 is 2.77 bits per heavy atom. The molecule has 3 aromatic rings. The van der Waals surface area contributed by atoms with Crippen molar-refractivity contribution in [1.82, 2.24) is 9.97 Å². The van der Waals surface area contributed by atoms with Crippen molar-refractivity contribution in [3.05, 3.63) is 74.5 Å². The first kappa shape index (κ1) is 21.3. The van der Waals surface area contributed by atoms with E-state index in [1.54, 1.807) is 18.3 Å². The molecule has 30 heavy (non-hydrogen) atoms. The van der Waals surface area contributed by atoms with E-state index in [-0.39, 0.29) is 11.5 Å². The second-order valence-electron chi connectivity index (χ2n) is 6.87. The monoisotopic (exact) mass is 465 g/mol. The minimum atomic E-state index is -0.535. The summed E-state index contributed by atoms with van der Waals surface area (Å²) in [5.74, 6) is 1.22. The van der Waals surface area contributed by atoms with E-state index in [1.165, 1.54) is 0 Å². The summed E-state index contributed by atoms with van der Waals surface area (Å²) < 4.78 is 6.72. The van der Waals surface area contributed by atoms with Crippen molar-refractivity contribution in [3.8, 4) is 23.1 Å². The number of nitrogens with zero attached hydrogens (tertiary/aromatic N) is 3. The van der Waals surface area contributed by atoms with Crippen LogP contribution in [-0.4, -0.2) is 22.8 Å². The molecule has 0 saturated carbocycles. The fourth-order valence-corrected chi connectivity index (χ4v) is 2.98. The number of nitriles is 1. The molecule has 0 aliphatic carbocycles. The fourth-order valence-electron chi connectivity index (χ4n) is 2.61. The average molecular weight is 466 g/mol. The van der Waals surface area contributed by atoms with Gasteiger partial charge in [0.25, 0.3) is 5.56 Å². The molecule has 0 radical (unpaired) electrons. The van der Waals surface area contributed by atoms with Gasteiger partial charge in [-0.15, -0.1) is 0 Å². The number of benzene rings is 2. The SMILES string of the molecule is CC(C)COc1ccc(Br)cc1C=NNc1nc(-c2ccccc2)c(C#N)c(=O)[nH]1. The topological polar surface area (TPSA) is 103 Å².